The van der Waals surface area contributed by atoms with Crippen LogP contribution in [0.3, 0.4) is 0 Å². The highest BCUT2D eigenvalue weighted by molar-refractivity contribution is 6.09. The van der Waals surface area contributed by atoms with Crippen molar-refractivity contribution in [3.63, 3.8) is 0 Å². The van der Waals surface area contributed by atoms with Gasteiger partial charge in [-0.3, -0.25) is 4.79 Å². The Labute approximate surface area is 178 Å². The lowest BCUT2D eigenvalue weighted by molar-refractivity contribution is 0.0602. The molecule has 0 saturated heterocycles. The van der Waals surface area contributed by atoms with Crippen molar-refractivity contribution in [2.75, 3.05) is 12.4 Å². The van der Waals surface area contributed by atoms with E-state index in [4.69, 9.17) is 4.74 Å². The molecule has 2 heterocycles. The number of aliphatic hydroxyl groups is 1. The molecule has 2 aromatic heterocycles. The summed E-state index contributed by atoms with van der Waals surface area (Å²) >= 11 is 0. The topological polar surface area (TPSA) is 106 Å². The summed E-state index contributed by atoms with van der Waals surface area (Å²) in [5.74, 6) is -1.02. The van der Waals surface area contributed by atoms with E-state index >= 15 is 0 Å². The molecule has 8 nitrogen and oxygen atoms in total. The van der Waals surface area contributed by atoms with Crippen LogP contribution in [0.15, 0.2) is 60.8 Å². The Morgan fingerprint density at radius 3 is 2.58 bits per heavy atom. The number of hydrogen-bond acceptors (Lipinski definition) is 6. The van der Waals surface area contributed by atoms with Crippen LogP contribution in [-0.2, 0) is 11.3 Å². The predicted molar refractivity (Wildman–Crippen MR) is 115 cm³/mol. The zero-order chi connectivity index (χ0) is 22.0. The number of ether oxygens (including phenoxy) is 1. The zero-order valence-corrected chi connectivity index (χ0v) is 17.0. The summed E-state index contributed by atoms with van der Waals surface area (Å²) in [6.07, 6.45) is 1.80. The van der Waals surface area contributed by atoms with Gasteiger partial charge in [-0.1, -0.05) is 18.2 Å². The molecule has 0 spiro atoms. The summed E-state index contributed by atoms with van der Waals surface area (Å²) in [6.45, 7) is 1.76. The highest BCUT2D eigenvalue weighted by atomic mass is 16.5. The number of benzene rings is 2. The Morgan fingerprint density at radius 2 is 1.90 bits per heavy atom. The lowest BCUT2D eigenvalue weighted by Crippen LogP contribution is -2.17. The molecule has 156 valence electrons. The van der Waals surface area contributed by atoms with Crippen LogP contribution >= 0.6 is 0 Å². The molecule has 2 N–H and O–H groups in total. The van der Waals surface area contributed by atoms with E-state index in [1.807, 2.05) is 24.3 Å². The van der Waals surface area contributed by atoms with Crippen LogP contribution in [0.2, 0.25) is 0 Å². The highest BCUT2D eigenvalue weighted by Crippen LogP contribution is 2.26. The lowest BCUT2D eigenvalue weighted by Gasteiger charge is -2.10. The Kier molecular flexibility index (Phi) is 5.46. The first-order chi connectivity index (χ1) is 15.0. The van der Waals surface area contributed by atoms with Gasteiger partial charge < -0.3 is 15.2 Å². The van der Waals surface area contributed by atoms with Gasteiger partial charge in [-0.15, -0.1) is 0 Å². The van der Waals surface area contributed by atoms with Crippen LogP contribution in [0.1, 0.15) is 32.1 Å². The highest BCUT2D eigenvalue weighted by Gasteiger charge is 2.18. The van der Waals surface area contributed by atoms with Gasteiger partial charge in [0, 0.05) is 17.3 Å². The third-order valence-electron chi connectivity index (χ3n) is 4.80. The Bertz CT molecular complexity index is 1280. The minimum atomic E-state index is -0.587. The van der Waals surface area contributed by atoms with Crippen LogP contribution in [0, 0.1) is 6.92 Å². The minimum absolute atomic E-state index is 0.0390. The van der Waals surface area contributed by atoms with Gasteiger partial charge in [0.25, 0.3) is 5.91 Å². The third-order valence-corrected chi connectivity index (χ3v) is 4.80. The average molecular weight is 416 g/mol. The van der Waals surface area contributed by atoms with Gasteiger partial charge in [-0.05, 0) is 48.9 Å². The number of carbonyl (C=O) groups is 2. The summed E-state index contributed by atoms with van der Waals surface area (Å²) in [4.78, 5) is 29.3. The van der Waals surface area contributed by atoms with Gasteiger partial charge in [-0.2, -0.15) is 5.10 Å². The van der Waals surface area contributed by atoms with Crippen molar-refractivity contribution in [3.8, 4) is 5.69 Å². The van der Waals surface area contributed by atoms with Crippen molar-refractivity contribution in [3.05, 3.63) is 83.3 Å². The summed E-state index contributed by atoms with van der Waals surface area (Å²) < 4.78 is 6.55. The molecular formula is C23H20N4O4. The maximum absolute atomic E-state index is 12.7. The van der Waals surface area contributed by atoms with Crippen molar-refractivity contribution in [2.24, 2.45) is 0 Å². The van der Waals surface area contributed by atoms with E-state index in [1.54, 1.807) is 48.1 Å². The smallest absolute Gasteiger partial charge is 0.340 e. The van der Waals surface area contributed by atoms with Gasteiger partial charge in [0.2, 0.25) is 0 Å². The number of pyridine rings is 1. The average Bonchev–Trinajstić information content (AvgIpc) is 3.21. The first kappa shape index (κ1) is 20.2. The molecular weight excluding hydrogens is 396 g/mol. The fraction of sp³-hybridized carbons (Fsp3) is 0.130. The molecule has 8 heteroatoms. The van der Waals surface area contributed by atoms with Gasteiger partial charge in [0.1, 0.15) is 5.69 Å². The number of nitrogens with zero attached hydrogens (tertiary/aromatic N) is 3. The van der Waals surface area contributed by atoms with Crippen molar-refractivity contribution in [1.82, 2.24) is 14.8 Å². The second kappa shape index (κ2) is 8.37. The van der Waals surface area contributed by atoms with E-state index in [0.717, 1.165) is 16.6 Å². The Hall–Kier alpha value is -4.04. The number of amides is 1. The van der Waals surface area contributed by atoms with Crippen molar-refractivity contribution >= 4 is 28.5 Å². The fourth-order valence-electron chi connectivity index (χ4n) is 3.20. The summed E-state index contributed by atoms with van der Waals surface area (Å²) in [7, 11) is 1.28. The van der Waals surface area contributed by atoms with Gasteiger partial charge in [-0.25, -0.2) is 14.5 Å². The van der Waals surface area contributed by atoms with E-state index in [0.29, 0.717) is 16.9 Å². The number of rotatable bonds is 5. The van der Waals surface area contributed by atoms with Crippen molar-refractivity contribution in [1.29, 1.82) is 0 Å². The van der Waals surface area contributed by atoms with Crippen LogP contribution in [0.5, 0.6) is 0 Å². The molecule has 0 atom stereocenters. The molecule has 0 fully saturated rings. The molecule has 1 amide bonds. The van der Waals surface area contributed by atoms with Gasteiger partial charge in [0.05, 0.1) is 36.2 Å². The molecule has 4 aromatic rings. The van der Waals surface area contributed by atoms with Crippen LogP contribution in [0.25, 0.3) is 16.6 Å². The Balaban J connectivity index is 1.74. The molecule has 31 heavy (non-hydrogen) atoms. The SMILES string of the molecule is COC(=O)c1cc2nn(-c3ccc(CO)cc3)cc2cc1NC(=O)c1cccc(C)n1. The third kappa shape index (κ3) is 4.15. The second-order valence-electron chi connectivity index (χ2n) is 6.96. The van der Waals surface area contributed by atoms with Gasteiger partial charge >= 0.3 is 5.97 Å². The quantitative estimate of drug-likeness (QED) is 0.484. The van der Waals surface area contributed by atoms with Crippen molar-refractivity contribution < 1.29 is 19.4 Å². The maximum Gasteiger partial charge on any atom is 0.340 e. The van der Waals surface area contributed by atoms with Crippen molar-refractivity contribution in [2.45, 2.75) is 13.5 Å². The number of hydrogen-bond donors (Lipinski definition) is 2. The van der Waals surface area contributed by atoms with Crippen LogP contribution < -0.4 is 5.32 Å². The molecule has 4 rings (SSSR count). The first-order valence-corrected chi connectivity index (χ1v) is 9.55. The van der Waals surface area contributed by atoms with E-state index in [2.05, 4.69) is 15.4 Å². The fourth-order valence-corrected chi connectivity index (χ4v) is 3.20. The van der Waals surface area contributed by atoms with E-state index in [9.17, 15) is 14.7 Å². The molecule has 0 radical (unpaired) electrons. The van der Waals surface area contributed by atoms with E-state index in [-0.39, 0.29) is 17.9 Å². The number of aliphatic hydroxyl groups excluding tert-OH is 1. The zero-order valence-electron chi connectivity index (χ0n) is 17.0. The number of anilines is 1. The number of aryl methyl sites for hydroxylation is 1. The standard InChI is InChI=1S/C23H20N4O4/c1-14-4-3-5-19(24-14)22(29)25-21-10-16-12-27(17-8-6-15(13-28)7-9-17)26-20(16)11-18(21)23(30)31-2/h3-12,28H,13H2,1-2H3,(H,25,29). The maximum atomic E-state index is 12.7. The largest absolute Gasteiger partial charge is 0.465 e. The number of aromatic nitrogens is 3. The lowest BCUT2D eigenvalue weighted by atomic mass is 10.1. The van der Waals surface area contributed by atoms with Crippen LogP contribution in [0.4, 0.5) is 5.69 Å². The minimum Gasteiger partial charge on any atom is -0.465 e. The van der Waals surface area contributed by atoms with E-state index in [1.165, 1.54) is 7.11 Å². The van der Waals surface area contributed by atoms with Gasteiger partial charge in [0.15, 0.2) is 0 Å². The first-order valence-electron chi connectivity index (χ1n) is 9.55. The summed E-state index contributed by atoms with van der Waals surface area (Å²) in [5.41, 5.74) is 3.61. The number of esters is 1. The van der Waals surface area contributed by atoms with Crippen LogP contribution in [-0.4, -0.2) is 38.9 Å². The molecule has 0 saturated carbocycles. The molecule has 0 bridgehead atoms. The predicted octanol–water partition coefficient (Wildman–Crippen LogP) is 3.26. The molecule has 0 aliphatic carbocycles. The molecule has 0 aliphatic rings. The number of carbonyl (C=O) groups excluding carboxylic acids is 2. The number of nitrogens with one attached hydrogen (secondary N) is 1. The normalized spacial score (nSPS) is 10.8. The summed E-state index contributed by atoms with van der Waals surface area (Å²) in [6, 6.07) is 15.7. The second-order valence-corrected chi connectivity index (χ2v) is 6.96. The Morgan fingerprint density at radius 1 is 1.13 bits per heavy atom. The molecule has 0 aliphatic heterocycles. The molecule has 2 aromatic carbocycles. The molecule has 0 unspecified atom stereocenters. The number of fused-ring (bicyclic) bond motifs is 1. The summed E-state index contributed by atoms with van der Waals surface area (Å²) in [5, 5.41) is 17.2. The van der Waals surface area contributed by atoms with E-state index < -0.39 is 11.9 Å². The monoisotopic (exact) mass is 416 g/mol. The number of methoxy groups -OCH3 is 1.